The lowest BCUT2D eigenvalue weighted by atomic mass is 10.4. The van der Waals surface area contributed by atoms with E-state index in [-0.39, 0.29) is 10.6 Å². The maximum Gasteiger partial charge on any atom is 0.287 e. The third-order valence-electron chi connectivity index (χ3n) is 2.70. The van der Waals surface area contributed by atoms with Gasteiger partial charge in [0.15, 0.2) is 5.82 Å². The Kier molecular flexibility index (Phi) is 5.02. The average Bonchev–Trinajstić information content (AvgIpc) is 2.88. The molecule has 0 saturated carbocycles. The molecule has 0 aliphatic carbocycles. The predicted octanol–water partition coefficient (Wildman–Crippen LogP) is 1.34. The quantitative estimate of drug-likeness (QED) is 0.446. The minimum absolute atomic E-state index is 0.259. The van der Waals surface area contributed by atoms with Crippen molar-refractivity contribution < 1.29 is 4.92 Å². The SMILES string of the molecule is O=[N+]([O-])C1=C(NCCSCc2ccccn2)NCC1. The van der Waals surface area contributed by atoms with E-state index in [1.54, 1.807) is 18.0 Å². The third-order valence-corrected chi connectivity index (χ3v) is 3.69. The van der Waals surface area contributed by atoms with Gasteiger partial charge in [0.25, 0.3) is 5.70 Å². The van der Waals surface area contributed by atoms with E-state index < -0.39 is 0 Å². The summed E-state index contributed by atoms with van der Waals surface area (Å²) in [5, 5.41) is 16.8. The number of hydrogen-bond donors (Lipinski definition) is 2. The summed E-state index contributed by atoms with van der Waals surface area (Å²) in [7, 11) is 0. The third kappa shape index (κ3) is 4.13. The standard InChI is InChI=1S/C12H16N4O2S/c17-16(18)11-4-6-14-12(11)15-7-8-19-9-10-3-1-2-5-13-10/h1-3,5,14-15H,4,6-9H2. The Morgan fingerprint density at radius 1 is 1.53 bits per heavy atom. The molecular formula is C12H16N4O2S. The van der Waals surface area contributed by atoms with Gasteiger partial charge in [-0.1, -0.05) is 6.07 Å². The molecule has 0 fully saturated rings. The Hall–Kier alpha value is -1.76. The zero-order valence-electron chi connectivity index (χ0n) is 10.5. The fourth-order valence-corrected chi connectivity index (χ4v) is 2.56. The van der Waals surface area contributed by atoms with E-state index >= 15 is 0 Å². The number of hydrogen-bond acceptors (Lipinski definition) is 6. The predicted molar refractivity (Wildman–Crippen MR) is 75.0 cm³/mol. The number of nitrogens with one attached hydrogen (secondary N) is 2. The molecular weight excluding hydrogens is 264 g/mol. The van der Waals surface area contributed by atoms with Crippen LogP contribution in [0.1, 0.15) is 12.1 Å². The van der Waals surface area contributed by atoms with E-state index in [1.165, 1.54) is 0 Å². The molecule has 0 saturated heterocycles. The minimum atomic E-state index is -0.316. The number of pyridine rings is 1. The van der Waals surface area contributed by atoms with Gasteiger partial charge in [-0.3, -0.25) is 15.1 Å². The second kappa shape index (κ2) is 6.98. The lowest BCUT2D eigenvalue weighted by Crippen LogP contribution is -2.26. The van der Waals surface area contributed by atoms with Gasteiger partial charge in [-0.2, -0.15) is 11.8 Å². The van der Waals surface area contributed by atoms with Crippen LogP contribution in [0.15, 0.2) is 35.9 Å². The van der Waals surface area contributed by atoms with E-state index in [2.05, 4.69) is 15.6 Å². The number of nitrogens with zero attached hydrogens (tertiary/aromatic N) is 2. The van der Waals surface area contributed by atoms with Crippen LogP contribution in [-0.4, -0.2) is 28.7 Å². The molecule has 0 bridgehead atoms. The van der Waals surface area contributed by atoms with Crippen molar-refractivity contribution in [1.82, 2.24) is 15.6 Å². The van der Waals surface area contributed by atoms with Crippen molar-refractivity contribution in [1.29, 1.82) is 0 Å². The van der Waals surface area contributed by atoms with Gasteiger partial charge >= 0.3 is 0 Å². The van der Waals surface area contributed by atoms with E-state index in [4.69, 9.17) is 0 Å². The second-order valence-electron chi connectivity index (χ2n) is 4.06. The molecule has 0 aromatic carbocycles. The molecule has 0 amide bonds. The highest BCUT2D eigenvalue weighted by atomic mass is 32.2. The molecule has 1 aromatic rings. The molecule has 0 spiro atoms. The molecule has 19 heavy (non-hydrogen) atoms. The van der Waals surface area contributed by atoms with Gasteiger partial charge in [0, 0.05) is 30.8 Å². The first kappa shape index (κ1) is 13.7. The molecule has 2 rings (SSSR count). The first-order valence-corrected chi connectivity index (χ1v) is 7.26. The van der Waals surface area contributed by atoms with Crippen LogP contribution in [0.2, 0.25) is 0 Å². The van der Waals surface area contributed by atoms with Gasteiger partial charge in [0.2, 0.25) is 0 Å². The Bertz CT molecular complexity index is 464. The zero-order chi connectivity index (χ0) is 13.5. The maximum absolute atomic E-state index is 10.7. The summed E-state index contributed by atoms with van der Waals surface area (Å²) in [6, 6.07) is 5.86. The smallest absolute Gasteiger partial charge is 0.287 e. The number of nitro groups is 1. The monoisotopic (exact) mass is 280 g/mol. The van der Waals surface area contributed by atoms with Crippen molar-refractivity contribution in [3.05, 3.63) is 51.7 Å². The average molecular weight is 280 g/mol. The van der Waals surface area contributed by atoms with Crippen LogP contribution >= 0.6 is 11.8 Å². The molecule has 2 heterocycles. The molecule has 1 aliphatic heterocycles. The summed E-state index contributed by atoms with van der Waals surface area (Å²) < 4.78 is 0. The molecule has 2 N–H and O–H groups in total. The van der Waals surface area contributed by atoms with E-state index in [0.29, 0.717) is 25.3 Å². The van der Waals surface area contributed by atoms with Crippen molar-refractivity contribution in [3.8, 4) is 0 Å². The molecule has 6 nitrogen and oxygen atoms in total. The fraction of sp³-hybridized carbons (Fsp3) is 0.417. The summed E-state index contributed by atoms with van der Waals surface area (Å²) in [5.74, 6) is 2.31. The minimum Gasteiger partial charge on any atom is -0.366 e. The maximum atomic E-state index is 10.7. The van der Waals surface area contributed by atoms with Crippen molar-refractivity contribution >= 4 is 11.8 Å². The highest BCUT2D eigenvalue weighted by molar-refractivity contribution is 7.98. The second-order valence-corrected chi connectivity index (χ2v) is 5.16. The normalized spacial score (nSPS) is 14.3. The van der Waals surface area contributed by atoms with E-state index in [0.717, 1.165) is 17.2 Å². The molecule has 102 valence electrons. The van der Waals surface area contributed by atoms with Crippen LogP contribution in [0.25, 0.3) is 0 Å². The Morgan fingerprint density at radius 2 is 2.42 bits per heavy atom. The molecule has 1 aromatic heterocycles. The topological polar surface area (TPSA) is 80.1 Å². The lowest BCUT2D eigenvalue weighted by molar-refractivity contribution is -0.427. The Morgan fingerprint density at radius 3 is 3.16 bits per heavy atom. The fourth-order valence-electron chi connectivity index (χ4n) is 1.79. The number of aromatic nitrogens is 1. The zero-order valence-corrected chi connectivity index (χ0v) is 11.3. The Balaban J connectivity index is 1.67. The molecule has 1 aliphatic rings. The van der Waals surface area contributed by atoms with Crippen LogP contribution in [-0.2, 0) is 5.75 Å². The molecule has 0 radical (unpaired) electrons. The van der Waals surface area contributed by atoms with Crippen LogP contribution in [0.4, 0.5) is 0 Å². The first-order valence-electron chi connectivity index (χ1n) is 6.10. The van der Waals surface area contributed by atoms with Crippen molar-refractivity contribution in [2.45, 2.75) is 12.2 Å². The van der Waals surface area contributed by atoms with Gasteiger partial charge in [0.05, 0.1) is 17.0 Å². The molecule has 7 heteroatoms. The van der Waals surface area contributed by atoms with Gasteiger partial charge in [-0.05, 0) is 12.1 Å². The van der Waals surface area contributed by atoms with Gasteiger partial charge in [-0.15, -0.1) is 0 Å². The summed E-state index contributed by atoms with van der Waals surface area (Å²) in [6.07, 6.45) is 2.27. The number of rotatable bonds is 7. The number of thioether (sulfide) groups is 1. The van der Waals surface area contributed by atoms with Crippen LogP contribution in [0.3, 0.4) is 0 Å². The lowest BCUT2D eigenvalue weighted by Gasteiger charge is -2.07. The van der Waals surface area contributed by atoms with E-state index in [1.807, 2.05) is 18.2 Å². The summed E-state index contributed by atoms with van der Waals surface area (Å²) in [6.45, 7) is 1.34. The van der Waals surface area contributed by atoms with Crippen LogP contribution < -0.4 is 10.6 Å². The van der Waals surface area contributed by atoms with Crippen LogP contribution in [0, 0.1) is 10.1 Å². The summed E-state index contributed by atoms with van der Waals surface area (Å²) in [4.78, 5) is 14.7. The van der Waals surface area contributed by atoms with Crippen molar-refractivity contribution in [2.24, 2.45) is 0 Å². The van der Waals surface area contributed by atoms with Gasteiger partial charge in [0.1, 0.15) is 0 Å². The Labute approximate surface area is 115 Å². The summed E-state index contributed by atoms with van der Waals surface area (Å²) in [5.41, 5.74) is 1.31. The van der Waals surface area contributed by atoms with Crippen molar-refractivity contribution in [3.63, 3.8) is 0 Å². The molecule has 0 atom stereocenters. The summed E-state index contributed by atoms with van der Waals surface area (Å²) >= 11 is 1.75. The molecule has 0 unspecified atom stereocenters. The van der Waals surface area contributed by atoms with E-state index in [9.17, 15) is 10.1 Å². The first-order chi connectivity index (χ1) is 9.27. The van der Waals surface area contributed by atoms with Gasteiger partial charge in [-0.25, -0.2) is 0 Å². The van der Waals surface area contributed by atoms with Crippen LogP contribution in [0.5, 0.6) is 0 Å². The highest BCUT2D eigenvalue weighted by Gasteiger charge is 2.23. The van der Waals surface area contributed by atoms with Crippen molar-refractivity contribution in [2.75, 3.05) is 18.8 Å². The highest BCUT2D eigenvalue weighted by Crippen LogP contribution is 2.12. The largest absolute Gasteiger partial charge is 0.366 e. The van der Waals surface area contributed by atoms with Gasteiger partial charge < -0.3 is 10.6 Å².